The fraction of sp³-hybridized carbons (Fsp3) is 0.240. The van der Waals surface area contributed by atoms with Crippen molar-refractivity contribution in [2.24, 2.45) is 0 Å². The van der Waals surface area contributed by atoms with Crippen molar-refractivity contribution in [3.63, 3.8) is 0 Å². The fourth-order valence-corrected chi connectivity index (χ4v) is 4.74. The maximum atomic E-state index is 12.7. The number of aromatic nitrogens is 3. The zero-order valence-corrected chi connectivity index (χ0v) is 20.8. The molecule has 4 aromatic rings. The summed E-state index contributed by atoms with van der Waals surface area (Å²) >= 11 is 0. The van der Waals surface area contributed by atoms with Gasteiger partial charge in [-0.05, 0) is 73.7 Å². The molecule has 0 aliphatic carbocycles. The number of nitrogens with zero attached hydrogens (tertiary/aromatic N) is 2. The Kier molecular flexibility index (Phi) is 7.23. The topological polar surface area (TPSA) is 128 Å². The normalized spacial score (nSPS) is 12.2. The number of pyridine rings is 1. The predicted molar refractivity (Wildman–Crippen MR) is 133 cm³/mol. The number of hydrogen-bond donors (Lipinski definition) is 4. The SMILES string of the molecule is Cc1cc(CCCP(=O)(O)O)cc(C)c1-c1nc2ccc(C(=O)Nc3ccc(C(F)(F)F)nc3)cc2[nH]1. The van der Waals surface area contributed by atoms with Gasteiger partial charge >= 0.3 is 13.8 Å². The van der Waals surface area contributed by atoms with Crippen LogP contribution >= 0.6 is 7.60 Å². The number of fused-ring (bicyclic) bond motifs is 1. The third kappa shape index (κ3) is 6.43. The van der Waals surface area contributed by atoms with E-state index >= 15 is 0 Å². The molecule has 2 aromatic carbocycles. The standard InChI is InChI=1S/C25H24F3N4O4P/c1-14-10-16(4-3-9-37(34,35)36)11-15(2)22(14)23-31-19-7-5-17(12-20(19)32-23)24(33)30-18-6-8-21(29-13-18)25(26,27)28/h5-8,10-13H,3-4,9H2,1-2H3,(H,30,33)(H,31,32)(H2,34,35,36). The number of aryl methyl sites for hydroxylation is 3. The Bertz CT molecular complexity index is 1490. The highest BCUT2D eigenvalue weighted by atomic mass is 31.2. The molecule has 0 unspecified atom stereocenters. The predicted octanol–water partition coefficient (Wildman–Crippen LogP) is 5.62. The number of anilines is 1. The van der Waals surface area contributed by atoms with Gasteiger partial charge in [0.2, 0.25) is 0 Å². The molecule has 0 fully saturated rings. The first-order valence-electron chi connectivity index (χ1n) is 11.3. The lowest BCUT2D eigenvalue weighted by Crippen LogP contribution is -2.13. The van der Waals surface area contributed by atoms with Crippen LogP contribution in [-0.2, 0) is 17.2 Å². The van der Waals surface area contributed by atoms with Crippen molar-refractivity contribution in [2.45, 2.75) is 32.9 Å². The Morgan fingerprint density at radius 2 is 1.78 bits per heavy atom. The summed E-state index contributed by atoms with van der Waals surface area (Å²) in [6.45, 7) is 3.86. The van der Waals surface area contributed by atoms with Crippen LogP contribution in [0.15, 0.2) is 48.7 Å². The summed E-state index contributed by atoms with van der Waals surface area (Å²) in [7, 11) is -4.03. The van der Waals surface area contributed by atoms with Gasteiger partial charge in [-0.15, -0.1) is 0 Å². The number of imidazole rings is 1. The van der Waals surface area contributed by atoms with E-state index in [1.165, 1.54) is 0 Å². The molecule has 194 valence electrons. The zero-order valence-electron chi connectivity index (χ0n) is 19.9. The molecule has 0 bridgehead atoms. The number of carbonyl (C=O) groups excluding carboxylic acids is 1. The van der Waals surface area contributed by atoms with Crippen LogP contribution in [0.1, 0.15) is 39.2 Å². The van der Waals surface area contributed by atoms with Crippen molar-refractivity contribution in [1.82, 2.24) is 15.0 Å². The lowest BCUT2D eigenvalue weighted by Gasteiger charge is -2.11. The second kappa shape index (κ2) is 10.1. The number of benzene rings is 2. The summed E-state index contributed by atoms with van der Waals surface area (Å²) in [5.74, 6) is 0.0999. The molecule has 2 heterocycles. The van der Waals surface area contributed by atoms with Gasteiger partial charge in [0.15, 0.2) is 0 Å². The Balaban J connectivity index is 1.53. The van der Waals surface area contributed by atoms with Gasteiger partial charge in [-0.2, -0.15) is 13.2 Å². The van der Waals surface area contributed by atoms with Gasteiger partial charge in [-0.1, -0.05) is 12.1 Å². The van der Waals surface area contributed by atoms with Crippen molar-refractivity contribution < 1.29 is 32.3 Å². The third-order valence-corrected chi connectivity index (χ3v) is 6.70. The van der Waals surface area contributed by atoms with E-state index in [0.717, 1.165) is 40.6 Å². The number of H-pyrrole nitrogens is 1. The number of carbonyl (C=O) groups is 1. The van der Waals surface area contributed by atoms with E-state index < -0.39 is 25.4 Å². The molecule has 0 atom stereocenters. The van der Waals surface area contributed by atoms with Gasteiger partial charge in [0.1, 0.15) is 11.5 Å². The van der Waals surface area contributed by atoms with Crippen molar-refractivity contribution in [3.05, 3.63) is 76.6 Å². The minimum Gasteiger partial charge on any atom is -0.338 e. The minimum atomic E-state index is -4.56. The van der Waals surface area contributed by atoms with Crippen LogP contribution in [-0.4, -0.2) is 36.8 Å². The van der Waals surface area contributed by atoms with Crippen LogP contribution in [0.25, 0.3) is 22.4 Å². The highest BCUT2D eigenvalue weighted by Gasteiger charge is 2.32. The van der Waals surface area contributed by atoms with E-state index in [0.29, 0.717) is 29.7 Å². The van der Waals surface area contributed by atoms with E-state index in [9.17, 15) is 22.5 Å². The van der Waals surface area contributed by atoms with Gasteiger partial charge in [0.25, 0.3) is 5.91 Å². The number of rotatable bonds is 7. The van der Waals surface area contributed by atoms with E-state index in [2.05, 4.69) is 20.3 Å². The summed E-state index contributed by atoms with van der Waals surface area (Å²) < 4.78 is 49.2. The Hall–Kier alpha value is -3.53. The molecule has 0 radical (unpaired) electrons. The van der Waals surface area contributed by atoms with Gasteiger partial charge < -0.3 is 20.1 Å². The summed E-state index contributed by atoms with van der Waals surface area (Å²) in [6.07, 6.45) is -2.86. The highest BCUT2D eigenvalue weighted by molar-refractivity contribution is 7.51. The fourth-order valence-electron chi connectivity index (χ4n) is 4.17. The highest BCUT2D eigenvalue weighted by Crippen LogP contribution is 2.36. The van der Waals surface area contributed by atoms with Crippen LogP contribution in [0.5, 0.6) is 0 Å². The van der Waals surface area contributed by atoms with Crippen molar-refractivity contribution in [3.8, 4) is 11.4 Å². The number of hydrogen-bond acceptors (Lipinski definition) is 4. The van der Waals surface area contributed by atoms with Crippen LogP contribution in [0.4, 0.5) is 18.9 Å². The Labute approximate surface area is 210 Å². The third-order valence-electron chi connectivity index (χ3n) is 5.80. The number of amides is 1. The maximum Gasteiger partial charge on any atom is 0.433 e. The quantitative estimate of drug-likeness (QED) is 0.229. The molecular formula is C25H24F3N4O4P. The van der Waals surface area contributed by atoms with Crippen molar-refractivity contribution >= 4 is 30.2 Å². The average molecular weight is 532 g/mol. The smallest absolute Gasteiger partial charge is 0.338 e. The second-order valence-corrected chi connectivity index (χ2v) is 10.6. The number of aromatic amines is 1. The summed E-state index contributed by atoms with van der Waals surface area (Å²) in [4.78, 5) is 42.0. The molecule has 37 heavy (non-hydrogen) atoms. The average Bonchev–Trinajstić information content (AvgIpc) is 3.20. The molecule has 0 aliphatic heterocycles. The van der Waals surface area contributed by atoms with Crippen LogP contribution in [0.2, 0.25) is 0 Å². The number of alkyl halides is 3. The molecular weight excluding hydrogens is 508 g/mol. The van der Waals surface area contributed by atoms with Gasteiger partial charge in [0, 0.05) is 11.1 Å². The Morgan fingerprint density at radius 3 is 2.38 bits per heavy atom. The summed E-state index contributed by atoms with van der Waals surface area (Å²) in [5, 5.41) is 2.54. The van der Waals surface area contributed by atoms with E-state index in [-0.39, 0.29) is 17.4 Å². The molecule has 12 heteroatoms. The maximum absolute atomic E-state index is 12.7. The lowest BCUT2D eigenvalue weighted by molar-refractivity contribution is -0.141. The molecule has 4 rings (SSSR count). The van der Waals surface area contributed by atoms with Crippen LogP contribution in [0, 0.1) is 13.8 Å². The van der Waals surface area contributed by atoms with Gasteiger partial charge in [0.05, 0.1) is 29.1 Å². The molecule has 8 nitrogen and oxygen atoms in total. The van der Waals surface area contributed by atoms with Gasteiger partial charge in [-0.25, -0.2) is 9.97 Å². The van der Waals surface area contributed by atoms with Crippen molar-refractivity contribution in [2.75, 3.05) is 11.5 Å². The number of nitrogens with one attached hydrogen (secondary N) is 2. The summed E-state index contributed by atoms with van der Waals surface area (Å²) in [6, 6.07) is 10.7. The van der Waals surface area contributed by atoms with Gasteiger partial charge in [-0.3, -0.25) is 9.36 Å². The molecule has 0 aliphatic rings. The first kappa shape index (κ1) is 26.5. The zero-order chi connectivity index (χ0) is 27.0. The molecule has 0 saturated carbocycles. The first-order valence-corrected chi connectivity index (χ1v) is 13.1. The largest absolute Gasteiger partial charge is 0.433 e. The minimum absolute atomic E-state index is 0.135. The Morgan fingerprint density at radius 1 is 1.08 bits per heavy atom. The van der Waals surface area contributed by atoms with Crippen LogP contribution < -0.4 is 5.32 Å². The van der Waals surface area contributed by atoms with E-state index in [1.807, 2.05) is 26.0 Å². The lowest BCUT2D eigenvalue weighted by atomic mass is 9.97. The van der Waals surface area contributed by atoms with E-state index in [1.54, 1.807) is 18.2 Å². The molecule has 0 saturated heterocycles. The second-order valence-electron chi connectivity index (χ2n) is 8.80. The monoisotopic (exact) mass is 532 g/mol. The van der Waals surface area contributed by atoms with Crippen molar-refractivity contribution in [1.29, 1.82) is 0 Å². The first-order chi connectivity index (χ1) is 17.3. The number of halogens is 3. The van der Waals surface area contributed by atoms with Crippen LogP contribution in [0.3, 0.4) is 0 Å². The van der Waals surface area contributed by atoms with E-state index in [4.69, 9.17) is 9.79 Å². The molecule has 1 amide bonds. The molecule has 0 spiro atoms. The molecule has 2 aromatic heterocycles. The summed E-state index contributed by atoms with van der Waals surface area (Å²) in [5.41, 5.74) is 4.36. The molecule has 4 N–H and O–H groups in total.